The lowest BCUT2D eigenvalue weighted by molar-refractivity contribution is -0.119. The van der Waals surface area contributed by atoms with Crippen molar-refractivity contribution in [1.29, 1.82) is 0 Å². The van der Waals surface area contributed by atoms with Crippen LogP contribution >= 0.6 is 11.3 Å². The van der Waals surface area contributed by atoms with Crippen LogP contribution in [-0.4, -0.2) is 24.3 Å². The Morgan fingerprint density at radius 3 is 2.50 bits per heavy atom. The predicted octanol–water partition coefficient (Wildman–Crippen LogP) is 4.04. The lowest BCUT2D eigenvalue weighted by Crippen LogP contribution is -2.20. The number of rotatable bonds is 5. The van der Waals surface area contributed by atoms with Gasteiger partial charge in [0.1, 0.15) is 10.7 Å². The van der Waals surface area contributed by atoms with Crippen LogP contribution in [0.3, 0.4) is 0 Å². The van der Waals surface area contributed by atoms with Gasteiger partial charge in [0.05, 0.1) is 0 Å². The molecule has 7 heteroatoms. The van der Waals surface area contributed by atoms with E-state index in [-0.39, 0.29) is 10.7 Å². The molecule has 3 rings (SSSR count). The molecule has 132 valence electrons. The summed E-state index contributed by atoms with van der Waals surface area (Å²) in [5.41, 5.74) is 1.02. The van der Waals surface area contributed by atoms with Gasteiger partial charge in [-0.1, -0.05) is 6.07 Å². The third kappa shape index (κ3) is 3.94. The van der Waals surface area contributed by atoms with Crippen LogP contribution in [0, 0.1) is 5.82 Å². The maximum atomic E-state index is 13.7. The molecular formula is C19H14FNO4S. The van der Waals surface area contributed by atoms with Crippen LogP contribution in [-0.2, 0) is 9.53 Å². The Bertz CT molecular complexity index is 994. The average Bonchev–Trinajstić information content (AvgIpc) is 3.06. The smallest absolute Gasteiger partial charge is 0.348 e. The number of nitrogens with one attached hydrogen (secondary N) is 1. The molecule has 0 aliphatic rings. The van der Waals surface area contributed by atoms with Gasteiger partial charge in [-0.2, -0.15) is 0 Å². The van der Waals surface area contributed by atoms with Gasteiger partial charge in [0, 0.05) is 21.3 Å². The molecule has 0 bridgehead atoms. The SMILES string of the molecule is CC(=O)c1ccc(NC(=O)COC(=O)c2cc3c(F)cccc3s2)cc1. The van der Waals surface area contributed by atoms with E-state index in [9.17, 15) is 18.8 Å². The first-order chi connectivity index (χ1) is 12.4. The Kier molecular flexibility index (Phi) is 5.09. The van der Waals surface area contributed by atoms with E-state index in [1.54, 1.807) is 36.4 Å². The molecule has 1 heterocycles. The van der Waals surface area contributed by atoms with E-state index >= 15 is 0 Å². The summed E-state index contributed by atoms with van der Waals surface area (Å²) < 4.78 is 19.3. The molecule has 0 atom stereocenters. The topological polar surface area (TPSA) is 72.5 Å². The molecule has 1 aromatic heterocycles. The summed E-state index contributed by atoms with van der Waals surface area (Å²) in [6.07, 6.45) is 0. The molecule has 0 radical (unpaired) electrons. The van der Waals surface area contributed by atoms with E-state index in [0.717, 1.165) is 11.3 Å². The van der Waals surface area contributed by atoms with Gasteiger partial charge in [-0.25, -0.2) is 9.18 Å². The summed E-state index contributed by atoms with van der Waals surface area (Å²) in [7, 11) is 0. The summed E-state index contributed by atoms with van der Waals surface area (Å²) in [5, 5.41) is 2.91. The summed E-state index contributed by atoms with van der Waals surface area (Å²) in [6, 6.07) is 12.4. The van der Waals surface area contributed by atoms with Crippen molar-refractivity contribution in [3.63, 3.8) is 0 Å². The van der Waals surface area contributed by atoms with Gasteiger partial charge in [-0.3, -0.25) is 9.59 Å². The Morgan fingerprint density at radius 2 is 1.85 bits per heavy atom. The number of ketones is 1. The highest BCUT2D eigenvalue weighted by molar-refractivity contribution is 7.20. The van der Waals surface area contributed by atoms with Crippen molar-refractivity contribution in [1.82, 2.24) is 0 Å². The largest absolute Gasteiger partial charge is 0.451 e. The molecule has 0 aliphatic carbocycles. The number of halogens is 1. The van der Waals surface area contributed by atoms with Crippen LogP contribution in [0.4, 0.5) is 10.1 Å². The average molecular weight is 371 g/mol. The third-order valence-electron chi connectivity index (χ3n) is 3.62. The van der Waals surface area contributed by atoms with Crippen LogP contribution in [0.2, 0.25) is 0 Å². The molecule has 0 aliphatic heterocycles. The molecule has 26 heavy (non-hydrogen) atoms. The zero-order valence-electron chi connectivity index (χ0n) is 13.7. The second-order valence-electron chi connectivity index (χ2n) is 5.52. The normalized spacial score (nSPS) is 10.5. The van der Waals surface area contributed by atoms with Crippen LogP contribution in [0.25, 0.3) is 10.1 Å². The maximum Gasteiger partial charge on any atom is 0.348 e. The number of hydrogen-bond acceptors (Lipinski definition) is 5. The minimum Gasteiger partial charge on any atom is -0.451 e. The molecular weight excluding hydrogens is 357 g/mol. The molecule has 1 N–H and O–H groups in total. The molecule has 0 saturated heterocycles. The van der Waals surface area contributed by atoms with Gasteiger partial charge < -0.3 is 10.1 Å². The highest BCUT2D eigenvalue weighted by Gasteiger charge is 2.15. The number of fused-ring (bicyclic) bond motifs is 1. The number of esters is 1. The van der Waals surface area contributed by atoms with E-state index < -0.39 is 24.3 Å². The fourth-order valence-corrected chi connectivity index (χ4v) is 3.28. The van der Waals surface area contributed by atoms with Gasteiger partial charge in [0.2, 0.25) is 0 Å². The summed E-state index contributed by atoms with van der Waals surface area (Å²) in [6.45, 7) is 0.983. The van der Waals surface area contributed by atoms with Crippen molar-refractivity contribution in [2.75, 3.05) is 11.9 Å². The lowest BCUT2D eigenvalue weighted by Gasteiger charge is -2.06. The number of carbonyl (C=O) groups is 3. The van der Waals surface area contributed by atoms with Crippen LogP contribution in [0.15, 0.2) is 48.5 Å². The molecule has 0 fully saturated rings. The van der Waals surface area contributed by atoms with Gasteiger partial charge in [0.15, 0.2) is 12.4 Å². The zero-order valence-corrected chi connectivity index (χ0v) is 14.6. The third-order valence-corrected chi connectivity index (χ3v) is 4.70. The fourth-order valence-electron chi connectivity index (χ4n) is 2.31. The van der Waals surface area contributed by atoms with E-state index in [1.165, 1.54) is 19.1 Å². The van der Waals surface area contributed by atoms with E-state index in [4.69, 9.17) is 4.74 Å². The van der Waals surface area contributed by atoms with Gasteiger partial charge >= 0.3 is 5.97 Å². The van der Waals surface area contributed by atoms with Crippen molar-refractivity contribution in [3.05, 3.63) is 64.8 Å². The quantitative estimate of drug-likeness (QED) is 0.543. The number of amides is 1. The standard InChI is InChI=1S/C19H14FNO4S/c1-11(22)12-5-7-13(8-6-12)21-18(23)10-25-19(24)17-9-14-15(20)3-2-4-16(14)26-17/h2-9H,10H2,1H3,(H,21,23). The molecule has 5 nitrogen and oxygen atoms in total. The molecule has 1 amide bonds. The second kappa shape index (κ2) is 7.45. The summed E-state index contributed by atoms with van der Waals surface area (Å²) >= 11 is 1.10. The highest BCUT2D eigenvalue weighted by atomic mass is 32.1. The molecule has 2 aromatic carbocycles. The zero-order chi connectivity index (χ0) is 18.7. The Balaban J connectivity index is 1.58. The number of hydrogen-bond donors (Lipinski definition) is 1. The number of benzene rings is 2. The van der Waals surface area contributed by atoms with E-state index in [2.05, 4.69) is 5.32 Å². The number of carbonyl (C=O) groups excluding carboxylic acids is 3. The number of Topliss-reactive ketones (excluding diaryl/α,β-unsaturated/α-hetero) is 1. The van der Waals surface area contributed by atoms with E-state index in [1.807, 2.05) is 0 Å². The Morgan fingerprint density at radius 1 is 1.12 bits per heavy atom. The first kappa shape index (κ1) is 17.8. The molecule has 0 unspecified atom stereocenters. The summed E-state index contributed by atoms with van der Waals surface area (Å²) in [5.74, 6) is -1.69. The minimum atomic E-state index is -0.687. The first-order valence-corrected chi connectivity index (χ1v) is 8.52. The monoisotopic (exact) mass is 371 g/mol. The minimum absolute atomic E-state index is 0.0726. The van der Waals surface area contributed by atoms with Crippen molar-refractivity contribution in [2.24, 2.45) is 0 Å². The lowest BCUT2D eigenvalue weighted by atomic mass is 10.1. The van der Waals surface area contributed by atoms with Crippen molar-refractivity contribution < 1.29 is 23.5 Å². The first-order valence-electron chi connectivity index (χ1n) is 7.70. The summed E-state index contributed by atoms with van der Waals surface area (Å²) in [4.78, 5) is 35.4. The highest BCUT2D eigenvalue weighted by Crippen LogP contribution is 2.28. The van der Waals surface area contributed by atoms with Gasteiger partial charge in [-0.15, -0.1) is 11.3 Å². The fraction of sp³-hybridized carbons (Fsp3) is 0.105. The van der Waals surface area contributed by atoms with Gasteiger partial charge in [0.25, 0.3) is 5.91 Å². The number of anilines is 1. The van der Waals surface area contributed by atoms with E-state index in [0.29, 0.717) is 21.3 Å². The molecule has 0 saturated carbocycles. The van der Waals surface area contributed by atoms with Crippen LogP contribution in [0.1, 0.15) is 27.0 Å². The molecule has 0 spiro atoms. The van der Waals surface area contributed by atoms with Crippen molar-refractivity contribution >= 4 is 44.8 Å². The molecule has 3 aromatic rings. The van der Waals surface area contributed by atoms with Crippen molar-refractivity contribution in [2.45, 2.75) is 6.92 Å². The Hall–Kier alpha value is -3.06. The Labute approximate surface area is 152 Å². The predicted molar refractivity (Wildman–Crippen MR) is 97.1 cm³/mol. The van der Waals surface area contributed by atoms with Crippen LogP contribution < -0.4 is 5.32 Å². The number of thiophene rings is 1. The van der Waals surface area contributed by atoms with Crippen molar-refractivity contribution in [3.8, 4) is 0 Å². The number of ether oxygens (including phenoxy) is 1. The maximum absolute atomic E-state index is 13.7. The second-order valence-corrected chi connectivity index (χ2v) is 6.60. The van der Waals surface area contributed by atoms with Gasteiger partial charge in [-0.05, 0) is 49.4 Å². The van der Waals surface area contributed by atoms with Crippen LogP contribution in [0.5, 0.6) is 0 Å².